The summed E-state index contributed by atoms with van der Waals surface area (Å²) in [5, 5.41) is 11.9. The molecule has 0 aliphatic rings. The summed E-state index contributed by atoms with van der Waals surface area (Å²) in [6.45, 7) is 0.564. The first-order chi connectivity index (χ1) is 8.19. The van der Waals surface area contributed by atoms with Crippen molar-refractivity contribution in [2.45, 2.75) is 13.0 Å². The Morgan fingerprint density at radius 1 is 1.18 bits per heavy atom. The quantitative estimate of drug-likeness (QED) is 0.929. The van der Waals surface area contributed by atoms with Crippen LogP contribution in [0.1, 0.15) is 17.3 Å². The molecule has 0 aliphatic carbocycles. The fraction of sp³-hybridized carbons (Fsp3) is 0.273. The molecule has 0 unspecified atom stereocenters. The second-order valence-corrected chi connectivity index (χ2v) is 4.36. The van der Waals surface area contributed by atoms with Crippen molar-refractivity contribution in [3.8, 4) is 0 Å². The molecule has 0 saturated heterocycles. The Labute approximate surface area is 109 Å². The molecule has 0 bridgehead atoms. The van der Waals surface area contributed by atoms with Gasteiger partial charge in [-0.05, 0) is 24.7 Å². The van der Waals surface area contributed by atoms with Gasteiger partial charge in [0.1, 0.15) is 0 Å². The largest absolute Gasteiger partial charge is 0.424 e. The van der Waals surface area contributed by atoms with Crippen LogP contribution in [-0.4, -0.2) is 17.2 Å². The maximum absolute atomic E-state index is 5.93. The Kier molecular flexibility index (Phi) is 3.99. The highest BCUT2D eigenvalue weighted by Gasteiger charge is 2.07. The van der Waals surface area contributed by atoms with Crippen molar-refractivity contribution in [3.63, 3.8) is 0 Å². The van der Waals surface area contributed by atoms with Gasteiger partial charge >= 0.3 is 0 Å². The highest BCUT2D eigenvalue weighted by molar-refractivity contribution is 6.42. The standard InChI is InChI=1S/C11H11Cl2N3O/c1-14-6-11-16-15-10(17-11)5-7-2-3-8(12)9(13)4-7/h2-4,14H,5-6H2,1H3. The summed E-state index contributed by atoms with van der Waals surface area (Å²) >= 11 is 11.8. The van der Waals surface area contributed by atoms with Crippen LogP contribution in [0.25, 0.3) is 0 Å². The normalized spacial score (nSPS) is 10.8. The van der Waals surface area contributed by atoms with E-state index in [1.165, 1.54) is 0 Å². The van der Waals surface area contributed by atoms with E-state index in [4.69, 9.17) is 27.6 Å². The van der Waals surface area contributed by atoms with E-state index >= 15 is 0 Å². The van der Waals surface area contributed by atoms with Crippen LogP contribution in [0.3, 0.4) is 0 Å². The average molecular weight is 272 g/mol. The zero-order chi connectivity index (χ0) is 12.3. The lowest BCUT2D eigenvalue weighted by molar-refractivity contribution is 0.447. The maximum Gasteiger partial charge on any atom is 0.230 e. The second kappa shape index (κ2) is 5.49. The number of benzene rings is 1. The predicted octanol–water partition coefficient (Wildman–Crippen LogP) is 2.69. The van der Waals surface area contributed by atoms with Gasteiger partial charge in [0.15, 0.2) is 0 Å². The van der Waals surface area contributed by atoms with E-state index in [2.05, 4.69) is 15.5 Å². The van der Waals surface area contributed by atoms with Gasteiger partial charge in [-0.25, -0.2) is 0 Å². The van der Waals surface area contributed by atoms with Gasteiger partial charge in [-0.2, -0.15) is 0 Å². The van der Waals surface area contributed by atoms with Crippen molar-refractivity contribution in [1.82, 2.24) is 15.5 Å². The van der Waals surface area contributed by atoms with E-state index in [1.807, 2.05) is 13.1 Å². The number of nitrogens with zero attached hydrogens (tertiary/aromatic N) is 2. The number of aromatic nitrogens is 2. The van der Waals surface area contributed by atoms with E-state index in [0.717, 1.165) is 5.56 Å². The lowest BCUT2D eigenvalue weighted by Crippen LogP contribution is -2.04. The zero-order valence-electron chi connectivity index (χ0n) is 9.20. The summed E-state index contributed by atoms with van der Waals surface area (Å²) in [5.74, 6) is 1.14. The van der Waals surface area contributed by atoms with Crippen molar-refractivity contribution in [3.05, 3.63) is 45.6 Å². The molecule has 1 N–H and O–H groups in total. The Morgan fingerprint density at radius 3 is 2.65 bits per heavy atom. The third-order valence-electron chi connectivity index (χ3n) is 2.18. The third-order valence-corrected chi connectivity index (χ3v) is 2.92. The van der Waals surface area contributed by atoms with E-state index in [-0.39, 0.29) is 0 Å². The summed E-state index contributed by atoms with van der Waals surface area (Å²) in [6, 6.07) is 5.44. The molecule has 4 nitrogen and oxygen atoms in total. The van der Waals surface area contributed by atoms with Gasteiger partial charge in [0.05, 0.1) is 23.0 Å². The summed E-state index contributed by atoms with van der Waals surface area (Å²) in [4.78, 5) is 0. The monoisotopic (exact) mass is 271 g/mol. The van der Waals surface area contributed by atoms with Crippen LogP contribution in [0.2, 0.25) is 10.0 Å². The molecule has 1 aromatic heterocycles. The van der Waals surface area contributed by atoms with E-state index in [1.54, 1.807) is 12.1 Å². The number of halogens is 2. The Morgan fingerprint density at radius 2 is 1.94 bits per heavy atom. The molecule has 0 saturated carbocycles. The van der Waals surface area contributed by atoms with Crippen molar-refractivity contribution < 1.29 is 4.42 Å². The van der Waals surface area contributed by atoms with Gasteiger partial charge in [-0.15, -0.1) is 10.2 Å². The molecule has 17 heavy (non-hydrogen) atoms. The van der Waals surface area contributed by atoms with Crippen LogP contribution >= 0.6 is 23.2 Å². The molecule has 0 fully saturated rings. The molecule has 6 heteroatoms. The maximum atomic E-state index is 5.93. The minimum absolute atomic E-state index is 0.527. The van der Waals surface area contributed by atoms with E-state index in [0.29, 0.717) is 34.8 Å². The first-order valence-corrected chi connectivity index (χ1v) is 5.84. The van der Waals surface area contributed by atoms with Gasteiger partial charge in [-0.3, -0.25) is 0 Å². The molecule has 2 aromatic rings. The third kappa shape index (κ3) is 3.19. The summed E-state index contributed by atoms with van der Waals surface area (Å²) in [5.41, 5.74) is 0.985. The molecule has 2 rings (SSSR count). The highest BCUT2D eigenvalue weighted by atomic mass is 35.5. The molecule has 0 atom stereocenters. The van der Waals surface area contributed by atoms with Crippen LogP contribution in [0.5, 0.6) is 0 Å². The Balaban J connectivity index is 2.11. The van der Waals surface area contributed by atoms with Gasteiger partial charge in [0.25, 0.3) is 0 Å². The fourth-order valence-corrected chi connectivity index (χ4v) is 1.73. The SMILES string of the molecule is CNCc1nnc(Cc2ccc(Cl)c(Cl)c2)o1. The summed E-state index contributed by atoms with van der Waals surface area (Å²) in [7, 11) is 1.82. The number of hydrogen-bond acceptors (Lipinski definition) is 4. The number of hydrogen-bond donors (Lipinski definition) is 1. The number of rotatable bonds is 4. The first kappa shape index (κ1) is 12.4. The lowest BCUT2D eigenvalue weighted by Gasteiger charge is -1.99. The van der Waals surface area contributed by atoms with Crippen LogP contribution in [0.4, 0.5) is 0 Å². The molecular formula is C11H11Cl2N3O. The van der Waals surface area contributed by atoms with Crippen LogP contribution in [0.15, 0.2) is 22.6 Å². The molecule has 0 amide bonds. The Hall–Kier alpha value is -1.10. The van der Waals surface area contributed by atoms with Crippen LogP contribution in [-0.2, 0) is 13.0 Å². The lowest BCUT2D eigenvalue weighted by atomic mass is 10.1. The predicted molar refractivity (Wildman–Crippen MR) is 66.3 cm³/mol. The molecule has 0 spiro atoms. The van der Waals surface area contributed by atoms with Crippen molar-refractivity contribution in [2.75, 3.05) is 7.05 Å². The van der Waals surface area contributed by atoms with Crippen LogP contribution < -0.4 is 5.32 Å². The molecule has 90 valence electrons. The average Bonchev–Trinajstić information content (AvgIpc) is 2.72. The van der Waals surface area contributed by atoms with Crippen molar-refractivity contribution in [2.24, 2.45) is 0 Å². The molecular weight excluding hydrogens is 261 g/mol. The van der Waals surface area contributed by atoms with Gasteiger partial charge in [0.2, 0.25) is 11.8 Å². The minimum atomic E-state index is 0.527. The Bertz CT molecular complexity index is 513. The molecule has 0 aliphatic heterocycles. The first-order valence-electron chi connectivity index (χ1n) is 5.09. The van der Waals surface area contributed by atoms with Crippen molar-refractivity contribution in [1.29, 1.82) is 0 Å². The molecule has 1 aromatic carbocycles. The summed E-state index contributed by atoms with van der Waals surface area (Å²) in [6.07, 6.45) is 0.549. The smallest absolute Gasteiger partial charge is 0.230 e. The molecule has 1 heterocycles. The van der Waals surface area contributed by atoms with Gasteiger partial charge in [0, 0.05) is 0 Å². The minimum Gasteiger partial charge on any atom is -0.424 e. The second-order valence-electron chi connectivity index (χ2n) is 3.55. The molecule has 0 radical (unpaired) electrons. The fourth-order valence-electron chi connectivity index (χ4n) is 1.41. The zero-order valence-corrected chi connectivity index (χ0v) is 10.7. The van der Waals surface area contributed by atoms with Crippen molar-refractivity contribution >= 4 is 23.2 Å². The number of nitrogens with one attached hydrogen (secondary N) is 1. The summed E-state index contributed by atoms with van der Waals surface area (Å²) < 4.78 is 5.44. The van der Waals surface area contributed by atoms with Gasteiger partial charge in [-0.1, -0.05) is 29.3 Å². The van der Waals surface area contributed by atoms with E-state index in [9.17, 15) is 0 Å². The highest BCUT2D eigenvalue weighted by Crippen LogP contribution is 2.23. The topological polar surface area (TPSA) is 51.0 Å². The van der Waals surface area contributed by atoms with Crippen LogP contribution in [0, 0.1) is 0 Å². The van der Waals surface area contributed by atoms with Gasteiger partial charge < -0.3 is 9.73 Å². The van der Waals surface area contributed by atoms with E-state index < -0.39 is 0 Å².